The van der Waals surface area contributed by atoms with E-state index in [9.17, 15) is 32.3 Å². The molecular formula is C26H30ClF3N8O4. The number of hydrogen-bond acceptors (Lipinski definition) is 6. The van der Waals surface area contributed by atoms with Gasteiger partial charge in [0.1, 0.15) is 5.82 Å². The third-order valence-electron chi connectivity index (χ3n) is 7.84. The van der Waals surface area contributed by atoms with Crippen LogP contribution < -0.4 is 16.0 Å². The number of imidazole rings is 1. The van der Waals surface area contributed by atoms with Gasteiger partial charge in [-0.3, -0.25) is 14.4 Å². The number of fused-ring (bicyclic) bond motifs is 1. The quantitative estimate of drug-likeness (QED) is 0.454. The number of nitrogens with one attached hydrogen (secondary N) is 3. The summed E-state index contributed by atoms with van der Waals surface area (Å²) in [5.41, 5.74) is 0.242. The first-order valence-corrected chi connectivity index (χ1v) is 14.1. The number of carbonyl (C=O) groups excluding carboxylic acids is 4. The van der Waals surface area contributed by atoms with Crippen molar-refractivity contribution in [2.75, 3.05) is 25.0 Å². The first-order valence-electron chi connectivity index (χ1n) is 13.7. The van der Waals surface area contributed by atoms with Crippen LogP contribution in [0.1, 0.15) is 43.6 Å². The molecule has 1 aliphatic carbocycles. The largest absolute Gasteiger partial charge is 0.449 e. The molecule has 3 atom stereocenters. The van der Waals surface area contributed by atoms with E-state index >= 15 is 0 Å². The monoisotopic (exact) mass is 610 g/mol. The van der Waals surface area contributed by atoms with Crippen LogP contribution in [-0.2, 0) is 33.6 Å². The molecule has 5 amide bonds. The van der Waals surface area contributed by atoms with Crippen LogP contribution >= 0.6 is 11.6 Å². The molecule has 2 aliphatic heterocycles. The molecule has 2 aromatic heterocycles. The zero-order chi connectivity index (χ0) is 30.0. The molecule has 3 aliphatic rings. The highest BCUT2D eigenvalue weighted by Gasteiger charge is 2.41. The number of amides is 5. The van der Waals surface area contributed by atoms with Gasteiger partial charge in [-0.25, -0.2) is 14.8 Å². The van der Waals surface area contributed by atoms with Crippen LogP contribution in [0.3, 0.4) is 0 Å². The standard InChI is InChI=1S/C26H30ClF3N8O4/c27-16-4-6-20(31-12-16)35-22(40)21(39)33-18-5-3-15(23(41)36-7-1-2-8-36)11-19(18)34-25(42)37-9-10-38-17(14-37)13-32-24(38)26(28,29)30/h4,6,12-13,15,18-19H,1-3,5,7-11,14H2,(H,33,39)(H,34,42)(H,31,35,40)/t15-,18-,19+/m0/s1. The van der Waals surface area contributed by atoms with E-state index in [1.807, 2.05) is 0 Å². The summed E-state index contributed by atoms with van der Waals surface area (Å²) < 4.78 is 40.8. The maximum absolute atomic E-state index is 13.3. The van der Waals surface area contributed by atoms with Gasteiger partial charge in [-0.15, -0.1) is 0 Å². The lowest BCUT2D eigenvalue weighted by Crippen LogP contribution is -2.59. The molecule has 12 nitrogen and oxygen atoms in total. The number of pyridine rings is 1. The fourth-order valence-corrected chi connectivity index (χ4v) is 5.82. The minimum absolute atomic E-state index is 0.00859. The highest BCUT2D eigenvalue weighted by Crippen LogP contribution is 2.31. The lowest BCUT2D eigenvalue weighted by atomic mass is 9.81. The van der Waals surface area contributed by atoms with Crippen molar-refractivity contribution < 1.29 is 32.3 Å². The second kappa shape index (κ2) is 12.2. The highest BCUT2D eigenvalue weighted by atomic mass is 35.5. The molecule has 0 radical (unpaired) electrons. The fraction of sp³-hybridized carbons (Fsp3) is 0.538. The zero-order valence-electron chi connectivity index (χ0n) is 22.5. The Balaban J connectivity index is 1.26. The van der Waals surface area contributed by atoms with Crippen LogP contribution in [0.2, 0.25) is 5.02 Å². The molecule has 226 valence electrons. The summed E-state index contributed by atoms with van der Waals surface area (Å²) in [7, 11) is 0. The Kier molecular flexibility index (Phi) is 8.57. The zero-order valence-corrected chi connectivity index (χ0v) is 23.2. The van der Waals surface area contributed by atoms with Crippen molar-refractivity contribution in [3.05, 3.63) is 41.1 Å². The van der Waals surface area contributed by atoms with E-state index in [-0.39, 0.29) is 49.4 Å². The Morgan fingerprint density at radius 1 is 0.881 bits per heavy atom. The topological polar surface area (TPSA) is 142 Å². The summed E-state index contributed by atoms with van der Waals surface area (Å²) in [5, 5.41) is 8.29. The molecule has 3 N–H and O–H groups in total. The second-order valence-corrected chi connectivity index (χ2v) is 11.1. The van der Waals surface area contributed by atoms with Crippen molar-refractivity contribution in [2.45, 2.75) is 63.5 Å². The lowest BCUT2D eigenvalue weighted by Gasteiger charge is -2.39. The van der Waals surface area contributed by atoms with Crippen LogP contribution in [0.4, 0.5) is 23.8 Å². The van der Waals surface area contributed by atoms with Crippen LogP contribution in [0.25, 0.3) is 0 Å². The average molecular weight is 611 g/mol. The number of hydrogen-bond donors (Lipinski definition) is 3. The summed E-state index contributed by atoms with van der Waals surface area (Å²) in [4.78, 5) is 62.4. The normalized spacial score (nSPS) is 22.3. The van der Waals surface area contributed by atoms with Crippen molar-refractivity contribution in [3.63, 3.8) is 0 Å². The summed E-state index contributed by atoms with van der Waals surface area (Å²) in [6, 6.07) is 1.02. The number of rotatable bonds is 4. The average Bonchev–Trinajstić information content (AvgIpc) is 3.65. The van der Waals surface area contributed by atoms with Gasteiger partial charge in [0.15, 0.2) is 0 Å². The van der Waals surface area contributed by atoms with Gasteiger partial charge >= 0.3 is 24.0 Å². The predicted octanol–water partition coefficient (Wildman–Crippen LogP) is 2.39. The van der Waals surface area contributed by atoms with E-state index in [1.165, 1.54) is 23.2 Å². The van der Waals surface area contributed by atoms with Crippen LogP contribution in [0.5, 0.6) is 0 Å². The Hall–Kier alpha value is -3.88. The number of anilines is 1. The first kappa shape index (κ1) is 29.6. The minimum atomic E-state index is -4.61. The van der Waals surface area contributed by atoms with Crippen LogP contribution in [0, 0.1) is 5.92 Å². The summed E-state index contributed by atoms with van der Waals surface area (Å²) in [6.07, 6.45) is 0.680. The molecule has 0 spiro atoms. The van der Waals surface area contributed by atoms with Gasteiger partial charge in [0.2, 0.25) is 11.7 Å². The number of nitrogens with zero attached hydrogens (tertiary/aromatic N) is 5. The van der Waals surface area contributed by atoms with E-state index in [0.717, 1.165) is 23.6 Å². The maximum atomic E-state index is 13.3. The maximum Gasteiger partial charge on any atom is 0.449 e. The molecule has 2 aromatic rings. The second-order valence-electron chi connectivity index (χ2n) is 10.6. The Bertz CT molecular complexity index is 1350. The van der Waals surface area contributed by atoms with Crippen molar-refractivity contribution in [2.24, 2.45) is 5.92 Å². The van der Waals surface area contributed by atoms with Gasteiger partial charge in [-0.05, 0) is 44.2 Å². The minimum Gasteiger partial charge on any atom is -0.343 e. The Labute approximate surface area is 244 Å². The summed E-state index contributed by atoms with van der Waals surface area (Å²) in [5.74, 6) is -3.18. The molecule has 42 heavy (non-hydrogen) atoms. The first-order chi connectivity index (χ1) is 20.0. The van der Waals surface area contributed by atoms with E-state index in [1.54, 1.807) is 4.90 Å². The number of aromatic nitrogens is 3. The molecule has 0 unspecified atom stereocenters. The molecule has 2 fully saturated rings. The molecule has 1 saturated heterocycles. The summed E-state index contributed by atoms with van der Waals surface area (Å²) in [6.45, 7) is 1.18. The number of likely N-dealkylation sites (tertiary alicyclic amines) is 1. The van der Waals surface area contributed by atoms with E-state index in [0.29, 0.717) is 31.0 Å². The molecule has 1 saturated carbocycles. The number of urea groups is 1. The van der Waals surface area contributed by atoms with Crippen molar-refractivity contribution >= 4 is 41.2 Å². The van der Waals surface area contributed by atoms with Gasteiger partial charge in [0.25, 0.3) is 0 Å². The predicted molar refractivity (Wildman–Crippen MR) is 143 cm³/mol. The molecule has 4 heterocycles. The van der Waals surface area contributed by atoms with Gasteiger partial charge in [-0.1, -0.05) is 11.6 Å². The Morgan fingerprint density at radius 2 is 1.64 bits per heavy atom. The van der Waals surface area contributed by atoms with Crippen LogP contribution in [-0.4, -0.2) is 79.8 Å². The van der Waals surface area contributed by atoms with Gasteiger partial charge in [0.05, 0.1) is 29.5 Å². The highest BCUT2D eigenvalue weighted by molar-refractivity contribution is 6.39. The SMILES string of the molecule is O=C(Nc1ccc(Cl)cn1)C(=O)N[C@H]1CC[C@H](C(=O)N2CCCC2)C[C@H]1NC(=O)N1CCn2c(cnc2C(F)(F)F)C1. The molecule has 5 rings (SSSR count). The number of alkyl halides is 3. The number of halogens is 4. The van der Waals surface area contributed by atoms with E-state index in [4.69, 9.17) is 11.6 Å². The number of carbonyl (C=O) groups is 4. The molecule has 0 aromatic carbocycles. The molecule has 0 bridgehead atoms. The summed E-state index contributed by atoms with van der Waals surface area (Å²) >= 11 is 5.80. The van der Waals surface area contributed by atoms with Crippen molar-refractivity contribution in [3.8, 4) is 0 Å². The van der Waals surface area contributed by atoms with Crippen molar-refractivity contribution in [1.29, 1.82) is 0 Å². The third-order valence-corrected chi connectivity index (χ3v) is 8.07. The molecule has 16 heteroatoms. The van der Waals surface area contributed by atoms with Gasteiger partial charge < -0.3 is 30.3 Å². The fourth-order valence-electron chi connectivity index (χ4n) is 5.71. The van der Waals surface area contributed by atoms with Gasteiger partial charge in [-0.2, -0.15) is 13.2 Å². The van der Waals surface area contributed by atoms with E-state index in [2.05, 4.69) is 25.9 Å². The smallest absolute Gasteiger partial charge is 0.343 e. The molecular weight excluding hydrogens is 581 g/mol. The van der Waals surface area contributed by atoms with Crippen molar-refractivity contribution in [1.82, 2.24) is 35.0 Å². The lowest BCUT2D eigenvalue weighted by molar-refractivity contribution is -0.147. The van der Waals surface area contributed by atoms with Gasteiger partial charge in [0, 0.05) is 44.3 Å². The Morgan fingerprint density at radius 3 is 2.33 bits per heavy atom. The van der Waals surface area contributed by atoms with E-state index < -0.39 is 41.9 Å². The van der Waals surface area contributed by atoms with Crippen LogP contribution in [0.15, 0.2) is 24.5 Å². The third kappa shape index (κ3) is 6.61.